The molecule has 0 aliphatic carbocycles. The highest BCUT2D eigenvalue weighted by Crippen LogP contribution is 2.54. The molecule has 0 aromatic rings. The van der Waals surface area contributed by atoms with Gasteiger partial charge < -0.3 is 28.4 Å². The molecule has 2 rings (SSSR count). The van der Waals surface area contributed by atoms with Crippen LogP contribution in [0.15, 0.2) is 12.3 Å². The summed E-state index contributed by atoms with van der Waals surface area (Å²) in [6.45, 7) is 19.0. The lowest BCUT2D eigenvalue weighted by atomic mass is 10.1. The van der Waals surface area contributed by atoms with Crippen LogP contribution in [0.2, 0.25) is 10.1 Å². The highest BCUT2D eigenvalue weighted by molar-refractivity contribution is 6.73. The van der Waals surface area contributed by atoms with Crippen molar-refractivity contribution < 1.29 is 32.7 Å². The van der Waals surface area contributed by atoms with Gasteiger partial charge in [0.2, 0.25) is 0 Å². The molecule has 1 fully saturated rings. The van der Waals surface area contributed by atoms with E-state index in [0.29, 0.717) is 19.6 Å². The zero-order valence-electron chi connectivity index (χ0n) is 21.1. The minimum Gasteiger partial charge on any atom is -0.493 e. The van der Waals surface area contributed by atoms with Gasteiger partial charge in [-0.1, -0.05) is 41.5 Å². The zero-order valence-corrected chi connectivity index (χ0v) is 22.1. The topological polar surface area (TPSA) is 92.3 Å². The van der Waals surface area contributed by atoms with Crippen molar-refractivity contribution in [1.29, 1.82) is 0 Å². The summed E-state index contributed by atoms with van der Waals surface area (Å²) in [4.78, 5) is 24.2. The van der Waals surface area contributed by atoms with Gasteiger partial charge in [0.1, 0.15) is 17.8 Å². The maximum atomic E-state index is 12.5. The summed E-state index contributed by atoms with van der Waals surface area (Å²) in [6, 6.07) is 0. The van der Waals surface area contributed by atoms with Crippen LogP contribution < -0.4 is 5.32 Å². The van der Waals surface area contributed by atoms with Crippen molar-refractivity contribution in [1.82, 2.24) is 5.32 Å². The summed E-state index contributed by atoms with van der Waals surface area (Å²) in [5.74, 6) is -0.347. The number of amides is 1. The highest BCUT2D eigenvalue weighted by Gasteiger charge is 2.63. The molecule has 0 unspecified atom stereocenters. The zero-order chi connectivity index (χ0) is 24.4. The molecule has 2 aliphatic rings. The highest BCUT2D eigenvalue weighted by atomic mass is 28.4. The molecule has 8 nitrogen and oxygen atoms in total. The van der Waals surface area contributed by atoms with Crippen LogP contribution in [0.4, 0.5) is 4.79 Å². The summed E-state index contributed by atoms with van der Waals surface area (Å²) in [5.41, 5.74) is -0.558. The summed E-state index contributed by atoms with van der Waals surface area (Å²) >= 11 is 0. The number of alkyl carbamates (subject to hydrolysis) is 1. The van der Waals surface area contributed by atoms with Gasteiger partial charge in [-0.2, -0.15) is 0 Å². The Bertz CT molecular complexity index is 689. The van der Waals surface area contributed by atoms with Crippen LogP contribution in [0.25, 0.3) is 0 Å². The molecule has 0 bridgehead atoms. The minimum atomic E-state index is -2.72. The van der Waals surface area contributed by atoms with Crippen molar-refractivity contribution in [3.05, 3.63) is 12.3 Å². The Hall–Kier alpha value is -1.58. The monoisotopic (exact) mass is 471 g/mol. The van der Waals surface area contributed by atoms with Crippen LogP contribution in [0.3, 0.4) is 0 Å². The predicted octanol–water partition coefficient (Wildman–Crippen LogP) is 4.57. The average molecular weight is 472 g/mol. The first-order chi connectivity index (χ1) is 14.6. The summed E-state index contributed by atoms with van der Waals surface area (Å²) in [6.07, 6.45) is 2.14. The number of rotatable bonds is 5. The van der Waals surface area contributed by atoms with Gasteiger partial charge in [-0.05, 0) is 33.3 Å². The van der Waals surface area contributed by atoms with Crippen molar-refractivity contribution in [2.45, 2.75) is 109 Å². The van der Waals surface area contributed by atoms with Crippen molar-refractivity contribution in [3.8, 4) is 0 Å². The smallest absolute Gasteiger partial charge is 0.407 e. The maximum absolute atomic E-state index is 12.5. The van der Waals surface area contributed by atoms with Gasteiger partial charge in [-0.25, -0.2) is 4.79 Å². The van der Waals surface area contributed by atoms with E-state index in [0.717, 1.165) is 0 Å². The Morgan fingerprint density at radius 1 is 1.06 bits per heavy atom. The number of ether oxygens (including phenoxy) is 3. The van der Waals surface area contributed by atoms with Crippen molar-refractivity contribution in [2.75, 3.05) is 13.2 Å². The Morgan fingerprint density at radius 2 is 1.69 bits per heavy atom. The second kappa shape index (κ2) is 9.73. The number of carbonyl (C=O) groups is 2. The standard InChI is InChI=1S/C23H41NO7Si/c1-21(2,3)30-20(26)24-13-10-11-18(25)29-16-12-14-27-17-15-28-32(22(4,5)6,23(7,8)9)31-19(16)17/h12,14,16-17,19H,10-11,13,15H2,1-9H3,(H,24,26)/t16-,17-,19+/m1/s1. The van der Waals surface area contributed by atoms with Crippen LogP contribution in [-0.4, -0.2) is 57.7 Å². The average Bonchev–Trinajstić information content (AvgIpc) is 2.62. The normalized spacial score (nSPS) is 25.3. The van der Waals surface area contributed by atoms with Gasteiger partial charge in [0, 0.05) is 23.0 Å². The number of hydrogen-bond donors (Lipinski definition) is 1. The first kappa shape index (κ1) is 26.7. The fourth-order valence-corrected chi connectivity index (χ4v) is 9.25. The second-order valence-electron chi connectivity index (χ2n) is 11.5. The minimum absolute atomic E-state index is 0.177. The van der Waals surface area contributed by atoms with E-state index in [-0.39, 0.29) is 28.6 Å². The maximum Gasteiger partial charge on any atom is 0.407 e. The van der Waals surface area contributed by atoms with E-state index in [2.05, 4.69) is 46.9 Å². The van der Waals surface area contributed by atoms with Gasteiger partial charge in [-0.15, -0.1) is 0 Å². The van der Waals surface area contributed by atoms with E-state index in [1.54, 1.807) is 33.1 Å². The lowest BCUT2D eigenvalue weighted by Crippen LogP contribution is -2.67. The third kappa shape index (κ3) is 6.48. The van der Waals surface area contributed by atoms with E-state index in [1.807, 2.05) is 0 Å². The van der Waals surface area contributed by atoms with Crippen molar-refractivity contribution in [2.24, 2.45) is 0 Å². The fraction of sp³-hybridized carbons (Fsp3) is 0.826. The molecule has 32 heavy (non-hydrogen) atoms. The Balaban J connectivity index is 1.95. The lowest BCUT2D eigenvalue weighted by molar-refractivity contribution is -0.166. The molecular formula is C23H41NO7Si. The Kier molecular flexibility index (Phi) is 8.11. The Labute approximate surface area is 193 Å². The number of carbonyl (C=O) groups excluding carboxylic acids is 2. The molecule has 9 heteroatoms. The quantitative estimate of drug-likeness (QED) is 0.357. The Morgan fingerprint density at radius 3 is 2.25 bits per heavy atom. The third-order valence-corrected chi connectivity index (χ3v) is 10.6. The first-order valence-electron chi connectivity index (χ1n) is 11.4. The molecule has 0 spiro atoms. The van der Waals surface area contributed by atoms with Crippen LogP contribution in [-0.2, 0) is 27.9 Å². The van der Waals surface area contributed by atoms with Crippen LogP contribution in [0, 0.1) is 0 Å². The van der Waals surface area contributed by atoms with Crippen LogP contribution in [0.1, 0.15) is 75.2 Å². The van der Waals surface area contributed by atoms with Gasteiger partial charge in [0.25, 0.3) is 0 Å². The molecular weight excluding hydrogens is 430 g/mol. The molecule has 0 aromatic heterocycles. The molecule has 1 N–H and O–H groups in total. The largest absolute Gasteiger partial charge is 0.493 e. The SMILES string of the molecule is CC(C)(C)OC(=O)NCCCC(=O)O[C@@H]1C=CO[C@@H]2CO[Si](C(C)(C)C)(C(C)(C)C)O[C@@H]12. The van der Waals surface area contributed by atoms with Gasteiger partial charge in [0.15, 0.2) is 6.10 Å². The predicted molar refractivity (Wildman–Crippen MR) is 123 cm³/mol. The number of hydrogen-bond acceptors (Lipinski definition) is 7. The van der Waals surface area contributed by atoms with Gasteiger partial charge in [-0.3, -0.25) is 4.79 Å². The second-order valence-corrected chi connectivity index (χ2v) is 16.3. The number of fused-ring (bicyclic) bond motifs is 1. The van der Waals surface area contributed by atoms with Gasteiger partial charge >= 0.3 is 20.6 Å². The van der Waals surface area contributed by atoms with Crippen LogP contribution >= 0.6 is 0 Å². The number of nitrogens with one attached hydrogen (secondary N) is 1. The molecule has 0 aromatic carbocycles. The van der Waals surface area contributed by atoms with Gasteiger partial charge in [0.05, 0.1) is 12.9 Å². The van der Waals surface area contributed by atoms with E-state index >= 15 is 0 Å². The van der Waals surface area contributed by atoms with E-state index in [9.17, 15) is 9.59 Å². The molecule has 1 amide bonds. The fourth-order valence-electron chi connectivity index (χ4n) is 4.29. The molecule has 3 atom stereocenters. The number of esters is 1. The lowest BCUT2D eigenvalue weighted by Gasteiger charge is -2.55. The van der Waals surface area contributed by atoms with E-state index in [4.69, 9.17) is 23.1 Å². The van der Waals surface area contributed by atoms with E-state index in [1.165, 1.54) is 0 Å². The van der Waals surface area contributed by atoms with Crippen molar-refractivity contribution >= 4 is 20.6 Å². The summed E-state index contributed by atoms with van der Waals surface area (Å²) < 4.78 is 29.8. The molecule has 0 radical (unpaired) electrons. The van der Waals surface area contributed by atoms with Crippen LogP contribution in [0.5, 0.6) is 0 Å². The molecule has 184 valence electrons. The van der Waals surface area contributed by atoms with Crippen molar-refractivity contribution in [3.63, 3.8) is 0 Å². The summed E-state index contributed by atoms with van der Waals surface area (Å²) in [7, 11) is -2.72. The molecule has 1 saturated heterocycles. The molecule has 2 heterocycles. The van der Waals surface area contributed by atoms with E-state index < -0.39 is 32.5 Å². The molecule has 0 saturated carbocycles. The molecule has 2 aliphatic heterocycles. The third-order valence-electron chi connectivity index (χ3n) is 5.43. The first-order valence-corrected chi connectivity index (χ1v) is 13.2. The summed E-state index contributed by atoms with van der Waals surface area (Å²) in [5, 5.41) is 2.29.